The van der Waals surface area contributed by atoms with Crippen LogP contribution in [0.3, 0.4) is 0 Å². The van der Waals surface area contributed by atoms with Gasteiger partial charge < -0.3 is 15.1 Å². The van der Waals surface area contributed by atoms with Crippen LogP contribution in [0.5, 0.6) is 0 Å². The van der Waals surface area contributed by atoms with E-state index in [9.17, 15) is 4.79 Å². The lowest BCUT2D eigenvalue weighted by Crippen LogP contribution is -2.55. The van der Waals surface area contributed by atoms with Gasteiger partial charge in [-0.25, -0.2) is 0 Å². The number of carbonyl (C=O) groups excluding carboxylic acids is 1. The molecular formula is C15H22N6O. The van der Waals surface area contributed by atoms with Crippen molar-refractivity contribution < 1.29 is 4.79 Å². The molecule has 7 heteroatoms. The van der Waals surface area contributed by atoms with Crippen LogP contribution in [-0.4, -0.2) is 59.3 Å². The fourth-order valence-corrected chi connectivity index (χ4v) is 2.33. The van der Waals surface area contributed by atoms with Crippen LogP contribution in [0.15, 0.2) is 17.4 Å². The van der Waals surface area contributed by atoms with Gasteiger partial charge in [-0.05, 0) is 6.92 Å². The molecule has 2 rings (SSSR count). The number of nitrogens with one attached hydrogen (secondary N) is 1. The zero-order valence-electron chi connectivity index (χ0n) is 13.1. The molecule has 1 aliphatic rings. The van der Waals surface area contributed by atoms with E-state index in [-0.39, 0.29) is 5.91 Å². The Balaban J connectivity index is 2.02. The highest BCUT2D eigenvalue weighted by Crippen LogP contribution is 2.16. The topological polar surface area (TPSA) is 65.8 Å². The van der Waals surface area contributed by atoms with Crippen molar-refractivity contribution in [3.05, 3.63) is 12.4 Å². The summed E-state index contributed by atoms with van der Waals surface area (Å²) >= 11 is 0. The Kier molecular flexibility index (Phi) is 5.42. The molecule has 1 aromatic heterocycles. The van der Waals surface area contributed by atoms with Gasteiger partial charge in [-0.2, -0.15) is 5.10 Å². The molecule has 1 aliphatic heterocycles. The van der Waals surface area contributed by atoms with Crippen LogP contribution in [0.1, 0.15) is 13.3 Å². The van der Waals surface area contributed by atoms with Crippen LogP contribution in [0, 0.1) is 12.3 Å². The monoisotopic (exact) mass is 302 g/mol. The lowest BCUT2D eigenvalue weighted by molar-refractivity contribution is -0.120. The lowest BCUT2D eigenvalue weighted by Gasteiger charge is -2.35. The van der Waals surface area contributed by atoms with E-state index in [4.69, 9.17) is 6.42 Å². The van der Waals surface area contributed by atoms with Crippen molar-refractivity contribution in [3.8, 4) is 12.3 Å². The first kappa shape index (κ1) is 15.9. The number of amides is 1. The van der Waals surface area contributed by atoms with Crippen LogP contribution in [0.2, 0.25) is 0 Å². The molecule has 22 heavy (non-hydrogen) atoms. The molecule has 1 fully saturated rings. The number of carbonyl (C=O) groups is 1. The maximum atomic E-state index is 12.4. The van der Waals surface area contributed by atoms with Crippen molar-refractivity contribution in [1.82, 2.24) is 20.0 Å². The Labute approximate surface area is 131 Å². The first-order valence-corrected chi connectivity index (χ1v) is 7.41. The molecular weight excluding hydrogens is 280 g/mol. The van der Waals surface area contributed by atoms with Gasteiger partial charge in [0, 0.05) is 39.3 Å². The van der Waals surface area contributed by atoms with Gasteiger partial charge in [-0.1, -0.05) is 0 Å². The summed E-state index contributed by atoms with van der Waals surface area (Å²) in [6.07, 6.45) is 9.40. The molecule has 0 aromatic carbocycles. The minimum absolute atomic E-state index is 0.0433. The van der Waals surface area contributed by atoms with E-state index >= 15 is 0 Å². The highest BCUT2D eigenvalue weighted by molar-refractivity contribution is 5.98. The van der Waals surface area contributed by atoms with Crippen LogP contribution < -0.4 is 10.2 Å². The summed E-state index contributed by atoms with van der Waals surface area (Å²) in [6.45, 7) is 4.97. The van der Waals surface area contributed by atoms with E-state index in [0.29, 0.717) is 26.1 Å². The third kappa shape index (κ3) is 3.79. The molecule has 118 valence electrons. The highest BCUT2D eigenvalue weighted by atomic mass is 16.2. The van der Waals surface area contributed by atoms with Gasteiger partial charge in [0.15, 0.2) is 5.96 Å². The molecule has 0 atom stereocenters. The maximum absolute atomic E-state index is 12.4. The first-order chi connectivity index (χ1) is 10.7. The predicted octanol–water partition coefficient (Wildman–Crippen LogP) is 0.0575. The number of anilines is 1. The largest absolute Gasteiger partial charge is 0.357 e. The SMILES string of the molecule is C#CCCN=C(NCC)N1CCN(c2cnn(C)c2)C(=O)C1. The van der Waals surface area contributed by atoms with Crippen LogP contribution in [0.4, 0.5) is 5.69 Å². The molecule has 0 radical (unpaired) electrons. The molecule has 0 unspecified atom stereocenters. The number of terminal acetylenes is 1. The lowest BCUT2D eigenvalue weighted by atomic mass is 10.3. The summed E-state index contributed by atoms with van der Waals surface area (Å²) in [5.74, 6) is 3.36. The fourth-order valence-electron chi connectivity index (χ4n) is 2.33. The molecule has 1 aromatic rings. The van der Waals surface area contributed by atoms with Crippen molar-refractivity contribution >= 4 is 17.6 Å². The van der Waals surface area contributed by atoms with Crippen molar-refractivity contribution in [3.63, 3.8) is 0 Å². The number of piperazine rings is 1. The maximum Gasteiger partial charge on any atom is 0.246 e. The second kappa shape index (κ2) is 7.50. The smallest absolute Gasteiger partial charge is 0.246 e. The van der Waals surface area contributed by atoms with Crippen molar-refractivity contribution in [2.75, 3.05) is 37.6 Å². The van der Waals surface area contributed by atoms with Gasteiger partial charge in [0.1, 0.15) is 6.54 Å². The van der Waals surface area contributed by atoms with E-state index in [0.717, 1.165) is 24.7 Å². The summed E-state index contributed by atoms with van der Waals surface area (Å²) < 4.78 is 1.69. The summed E-state index contributed by atoms with van der Waals surface area (Å²) in [5.41, 5.74) is 0.835. The Hall–Kier alpha value is -2.49. The van der Waals surface area contributed by atoms with E-state index in [1.807, 2.05) is 25.1 Å². The van der Waals surface area contributed by atoms with Crippen molar-refractivity contribution in [2.45, 2.75) is 13.3 Å². The predicted molar refractivity (Wildman–Crippen MR) is 86.6 cm³/mol. The Bertz CT molecular complexity index is 585. The Morgan fingerprint density at radius 2 is 2.36 bits per heavy atom. The molecule has 0 bridgehead atoms. The summed E-state index contributed by atoms with van der Waals surface area (Å²) in [6, 6.07) is 0. The number of rotatable bonds is 4. The number of guanidine groups is 1. The third-order valence-electron chi connectivity index (χ3n) is 3.38. The second-order valence-electron chi connectivity index (χ2n) is 5.03. The van der Waals surface area contributed by atoms with Gasteiger partial charge in [-0.3, -0.25) is 14.5 Å². The first-order valence-electron chi connectivity index (χ1n) is 7.41. The average Bonchev–Trinajstić information content (AvgIpc) is 2.93. The van der Waals surface area contributed by atoms with Crippen LogP contribution in [-0.2, 0) is 11.8 Å². The molecule has 0 saturated carbocycles. The Morgan fingerprint density at radius 3 is 2.95 bits per heavy atom. The number of aromatic nitrogens is 2. The Morgan fingerprint density at radius 1 is 1.55 bits per heavy atom. The molecule has 0 aliphatic carbocycles. The zero-order chi connectivity index (χ0) is 15.9. The van der Waals surface area contributed by atoms with E-state index in [1.165, 1.54) is 0 Å². The number of nitrogens with zero attached hydrogens (tertiary/aromatic N) is 5. The highest BCUT2D eigenvalue weighted by Gasteiger charge is 2.27. The van der Waals surface area contributed by atoms with E-state index in [2.05, 4.69) is 21.3 Å². The van der Waals surface area contributed by atoms with Crippen LogP contribution >= 0.6 is 0 Å². The second-order valence-corrected chi connectivity index (χ2v) is 5.03. The minimum atomic E-state index is 0.0433. The summed E-state index contributed by atoms with van der Waals surface area (Å²) in [7, 11) is 1.84. The standard InChI is InChI=1S/C15H22N6O/c1-4-6-7-17-15(16-5-2)20-8-9-21(14(22)12-20)13-10-18-19(3)11-13/h1,10-11H,5-9,12H2,2-3H3,(H,16,17). The third-order valence-corrected chi connectivity index (χ3v) is 3.38. The zero-order valence-corrected chi connectivity index (χ0v) is 13.1. The van der Waals surface area contributed by atoms with Gasteiger partial charge in [-0.15, -0.1) is 12.3 Å². The van der Waals surface area contributed by atoms with Gasteiger partial charge >= 0.3 is 0 Å². The molecule has 7 nitrogen and oxygen atoms in total. The summed E-state index contributed by atoms with van der Waals surface area (Å²) in [4.78, 5) is 20.6. The van der Waals surface area contributed by atoms with Gasteiger partial charge in [0.2, 0.25) is 5.91 Å². The van der Waals surface area contributed by atoms with Gasteiger partial charge in [0.05, 0.1) is 18.4 Å². The normalized spacial score (nSPS) is 15.9. The average molecular weight is 302 g/mol. The molecule has 0 spiro atoms. The fraction of sp³-hybridized carbons (Fsp3) is 0.533. The minimum Gasteiger partial charge on any atom is -0.357 e. The molecule has 1 amide bonds. The van der Waals surface area contributed by atoms with Crippen molar-refractivity contribution in [1.29, 1.82) is 0 Å². The van der Waals surface area contributed by atoms with Gasteiger partial charge in [0.25, 0.3) is 0 Å². The van der Waals surface area contributed by atoms with Crippen molar-refractivity contribution in [2.24, 2.45) is 12.0 Å². The van der Waals surface area contributed by atoms with Crippen LogP contribution in [0.25, 0.3) is 0 Å². The number of hydrogen-bond acceptors (Lipinski definition) is 3. The van der Waals surface area contributed by atoms with E-state index < -0.39 is 0 Å². The quantitative estimate of drug-likeness (QED) is 0.370. The molecule has 1 N–H and O–H groups in total. The number of aliphatic imine (C=N–C) groups is 1. The molecule has 1 saturated heterocycles. The number of aryl methyl sites for hydroxylation is 1. The van der Waals surface area contributed by atoms with E-state index in [1.54, 1.807) is 15.8 Å². The number of hydrogen-bond donors (Lipinski definition) is 1. The summed E-state index contributed by atoms with van der Waals surface area (Å²) in [5, 5.41) is 7.32. The molecule has 2 heterocycles.